The Labute approximate surface area is 212 Å². The van der Waals surface area contributed by atoms with E-state index in [1.165, 1.54) is 0 Å². The first-order chi connectivity index (χ1) is 16.6. The Bertz CT molecular complexity index is 1290. The summed E-state index contributed by atoms with van der Waals surface area (Å²) in [6, 6.07) is 11.6. The molecule has 1 unspecified atom stereocenters. The molecule has 0 bridgehead atoms. The lowest BCUT2D eigenvalue weighted by Gasteiger charge is -2.31. The van der Waals surface area contributed by atoms with Crippen molar-refractivity contribution >= 4 is 33.2 Å². The summed E-state index contributed by atoms with van der Waals surface area (Å²) in [4.78, 5) is 28.0. The van der Waals surface area contributed by atoms with Crippen molar-refractivity contribution in [2.24, 2.45) is 0 Å². The highest BCUT2D eigenvalue weighted by Gasteiger charge is 2.37. The molecule has 7 heteroatoms. The Kier molecular flexibility index (Phi) is 7.69. The van der Waals surface area contributed by atoms with E-state index < -0.39 is 15.9 Å². The van der Waals surface area contributed by atoms with Gasteiger partial charge in [-0.25, -0.2) is 8.42 Å². The minimum absolute atomic E-state index is 0.0227. The van der Waals surface area contributed by atoms with E-state index >= 15 is 0 Å². The second-order valence-electron chi connectivity index (χ2n) is 9.57. The Morgan fingerprint density at radius 2 is 1.86 bits per heavy atom. The number of ether oxygens (including phenoxy) is 1. The molecule has 1 atom stereocenters. The first-order valence-corrected chi connectivity index (χ1v) is 14.7. The van der Waals surface area contributed by atoms with Gasteiger partial charge in [0.15, 0.2) is 21.4 Å². The predicted molar refractivity (Wildman–Crippen MR) is 139 cm³/mol. The number of hydrogen-bond acceptors (Lipinski definition) is 6. The molecule has 0 radical (unpaired) electrons. The van der Waals surface area contributed by atoms with Gasteiger partial charge in [-0.05, 0) is 74.6 Å². The number of benzene rings is 2. The molecular weight excluding hydrogens is 480 g/mol. The molecule has 0 N–H and O–H groups in total. The monoisotopic (exact) mass is 512 g/mol. The van der Waals surface area contributed by atoms with Gasteiger partial charge in [0.25, 0.3) is 0 Å². The highest BCUT2D eigenvalue weighted by atomic mass is 32.2. The fraction of sp³-hybridized carbons (Fsp3) is 0.429. The summed E-state index contributed by atoms with van der Waals surface area (Å²) in [5.74, 6) is 0.272. The van der Waals surface area contributed by atoms with Crippen LogP contribution in [0.25, 0.3) is 0 Å². The van der Waals surface area contributed by atoms with Gasteiger partial charge >= 0.3 is 0 Å². The minimum Gasteiger partial charge on any atom is -0.371 e. The molecule has 0 saturated carbocycles. The fourth-order valence-corrected chi connectivity index (χ4v) is 8.09. The van der Waals surface area contributed by atoms with E-state index in [2.05, 4.69) is 0 Å². The molecule has 186 valence electrons. The maximum Gasteiger partial charge on any atom is 0.197 e. The summed E-state index contributed by atoms with van der Waals surface area (Å²) >= 11 is 1.55. The van der Waals surface area contributed by atoms with Gasteiger partial charge in [-0.15, -0.1) is 11.8 Å². The van der Waals surface area contributed by atoms with E-state index in [0.29, 0.717) is 47.3 Å². The van der Waals surface area contributed by atoms with Crippen molar-refractivity contribution in [2.45, 2.75) is 76.2 Å². The molecular formula is C28H32O5S2. The van der Waals surface area contributed by atoms with E-state index in [1.807, 2.05) is 44.2 Å². The third-order valence-corrected chi connectivity index (χ3v) is 9.75. The van der Waals surface area contributed by atoms with Crippen LogP contribution in [0.4, 0.5) is 0 Å². The van der Waals surface area contributed by atoms with Crippen molar-refractivity contribution in [2.75, 3.05) is 5.75 Å². The molecule has 2 aromatic carbocycles. The van der Waals surface area contributed by atoms with E-state index in [-0.39, 0.29) is 33.9 Å². The molecule has 2 aliphatic rings. The molecule has 0 aromatic heterocycles. The van der Waals surface area contributed by atoms with Gasteiger partial charge in [-0.1, -0.05) is 30.3 Å². The van der Waals surface area contributed by atoms with Gasteiger partial charge in [-0.3, -0.25) is 9.59 Å². The van der Waals surface area contributed by atoms with Crippen LogP contribution in [-0.2, 0) is 25.1 Å². The van der Waals surface area contributed by atoms with E-state index in [0.717, 1.165) is 16.9 Å². The Hall–Kier alpha value is -2.22. The Balaban J connectivity index is 1.79. The second-order valence-corrected chi connectivity index (χ2v) is 12.7. The van der Waals surface area contributed by atoms with Gasteiger partial charge in [0.2, 0.25) is 0 Å². The average molecular weight is 513 g/mol. The van der Waals surface area contributed by atoms with Gasteiger partial charge in [0, 0.05) is 23.3 Å². The minimum atomic E-state index is -3.47. The van der Waals surface area contributed by atoms with Crippen molar-refractivity contribution in [3.05, 3.63) is 74.7 Å². The van der Waals surface area contributed by atoms with Gasteiger partial charge < -0.3 is 4.74 Å². The number of thioether (sulfide) groups is 1. The van der Waals surface area contributed by atoms with Crippen LogP contribution in [0.2, 0.25) is 0 Å². The lowest BCUT2D eigenvalue weighted by molar-refractivity contribution is -0.115. The Morgan fingerprint density at radius 3 is 2.54 bits per heavy atom. The maximum absolute atomic E-state index is 13.9. The molecule has 0 amide bonds. The maximum atomic E-state index is 13.9. The molecule has 1 aliphatic carbocycles. The number of sulfone groups is 1. The molecule has 1 heterocycles. The molecule has 2 aromatic rings. The van der Waals surface area contributed by atoms with Crippen LogP contribution in [0, 0.1) is 13.8 Å². The number of aryl methyl sites for hydroxylation is 1. The van der Waals surface area contributed by atoms with Crippen LogP contribution >= 0.6 is 11.8 Å². The van der Waals surface area contributed by atoms with Crippen LogP contribution in [0.5, 0.6) is 0 Å². The van der Waals surface area contributed by atoms with E-state index in [1.54, 1.807) is 31.7 Å². The Morgan fingerprint density at radius 1 is 1.14 bits per heavy atom. The van der Waals surface area contributed by atoms with Gasteiger partial charge in [0.05, 0.1) is 28.4 Å². The number of carbonyl (C=O) groups excluding carboxylic acids is 2. The zero-order valence-electron chi connectivity index (χ0n) is 20.7. The summed E-state index contributed by atoms with van der Waals surface area (Å²) < 4.78 is 32.1. The number of carbonyl (C=O) groups is 2. The topological polar surface area (TPSA) is 77.5 Å². The predicted octanol–water partition coefficient (Wildman–Crippen LogP) is 6.07. The number of hydrogen-bond donors (Lipinski definition) is 0. The van der Waals surface area contributed by atoms with E-state index in [4.69, 9.17) is 4.74 Å². The lowest BCUT2D eigenvalue weighted by atomic mass is 9.86. The molecule has 0 spiro atoms. The number of fused-ring (bicyclic) bond motifs is 1. The zero-order valence-corrected chi connectivity index (χ0v) is 22.4. The number of rotatable bonds is 7. The van der Waals surface area contributed by atoms with Crippen molar-refractivity contribution in [3.63, 3.8) is 0 Å². The van der Waals surface area contributed by atoms with Crippen LogP contribution in [0.3, 0.4) is 0 Å². The van der Waals surface area contributed by atoms with Gasteiger partial charge in [0.1, 0.15) is 0 Å². The number of ketones is 2. The van der Waals surface area contributed by atoms with Crippen LogP contribution in [-0.4, -0.2) is 31.8 Å². The molecule has 35 heavy (non-hydrogen) atoms. The first-order valence-electron chi connectivity index (χ1n) is 12.1. The molecule has 4 rings (SSSR count). The molecule has 1 aliphatic heterocycles. The van der Waals surface area contributed by atoms with Crippen LogP contribution in [0.15, 0.2) is 51.8 Å². The number of Topliss-reactive ketones (excluding diaryl/α,β-unsaturated/α-hetero) is 2. The normalized spacial score (nSPS) is 19.7. The van der Waals surface area contributed by atoms with Crippen molar-refractivity contribution in [1.29, 1.82) is 0 Å². The van der Waals surface area contributed by atoms with Crippen molar-refractivity contribution in [3.8, 4) is 0 Å². The zero-order chi connectivity index (χ0) is 25.3. The fourth-order valence-electron chi connectivity index (χ4n) is 5.02. The van der Waals surface area contributed by atoms with Gasteiger partial charge in [-0.2, -0.15) is 0 Å². The van der Waals surface area contributed by atoms with Crippen molar-refractivity contribution in [1.82, 2.24) is 0 Å². The average Bonchev–Trinajstić information content (AvgIpc) is 2.81. The lowest BCUT2D eigenvalue weighted by Crippen LogP contribution is -2.27. The first kappa shape index (κ1) is 25.9. The summed E-state index contributed by atoms with van der Waals surface area (Å²) in [7, 11) is -3.47. The third kappa shape index (κ3) is 5.32. The largest absolute Gasteiger partial charge is 0.371 e. The highest BCUT2D eigenvalue weighted by Crippen LogP contribution is 2.42. The van der Waals surface area contributed by atoms with Crippen LogP contribution in [0.1, 0.15) is 78.2 Å². The highest BCUT2D eigenvalue weighted by molar-refractivity contribution is 8.02. The quantitative estimate of drug-likeness (QED) is 0.331. The molecule has 5 nitrogen and oxygen atoms in total. The standard InChI is InChI=1S/C28H32O5S2/c1-17(2)33-23-13-14-35(31,32)28-18(3)15-21(19(4)25(23)28)27(30)26-22(29)11-8-12-24(26)34-16-20-9-6-5-7-10-20/h5-7,9-10,15,17,23H,8,11-14,16H2,1-4H3. The SMILES string of the molecule is Cc1cc(C(=O)C2=C(SCc3ccccc3)CCCC2=O)c(C)c2c1S(=O)(=O)CCC2OC(C)C. The summed E-state index contributed by atoms with van der Waals surface area (Å²) in [6.07, 6.45) is 1.65. The summed E-state index contributed by atoms with van der Waals surface area (Å²) in [5, 5.41) is 0. The molecule has 0 saturated heterocycles. The second kappa shape index (κ2) is 10.4. The smallest absolute Gasteiger partial charge is 0.197 e. The van der Waals surface area contributed by atoms with Crippen molar-refractivity contribution < 1.29 is 22.7 Å². The van der Waals surface area contributed by atoms with Crippen LogP contribution < -0.4 is 0 Å². The summed E-state index contributed by atoms with van der Waals surface area (Å²) in [6.45, 7) is 7.35. The number of allylic oxidation sites excluding steroid dienone is 2. The summed E-state index contributed by atoms with van der Waals surface area (Å²) in [5.41, 5.74) is 3.51. The van der Waals surface area contributed by atoms with E-state index in [9.17, 15) is 18.0 Å². The molecule has 0 fully saturated rings. The third-order valence-electron chi connectivity index (χ3n) is 6.58.